The fraction of sp³-hybridized carbons (Fsp3) is 0.409. The highest BCUT2D eigenvalue weighted by Gasteiger charge is 2.36. The van der Waals surface area contributed by atoms with Crippen LogP contribution in [0.2, 0.25) is 0 Å². The number of carbonyl (C=O) groups is 1. The molecule has 2 aromatic rings. The van der Waals surface area contributed by atoms with Crippen LogP contribution in [-0.2, 0) is 16.1 Å². The van der Waals surface area contributed by atoms with Crippen LogP contribution >= 0.6 is 12.4 Å². The van der Waals surface area contributed by atoms with Gasteiger partial charge in [-0.05, 0) is 49.9 Å². The van der Waals surface area contributed by atoms with Crippen molar-refractivity contribution in [2.24, 2.45) is 5.73 Å². The van der Waals surface area contributed by atoms with Crippen molar-refractivity contribution < 1.29 is 14.3 Å². The first-order chi connectivity index (χ1) is 13.0. The first kappa shape index (κ1) is 22.2. The minimum atomic E-state index is -0.830. The van der Waals surface area contributed by atoms with Crippen molar-refractivity contribution in [2.45, 2.75) is 44.9 Å². The average Bonchev–Trinajstić information content (AvgIpc) is 2.67. The molecule has 0 saturated carbocycles. The molecule has 1 saturated heterocycles. The first-order valence-electron chi connectivity index (χ1n) is 9.42. The molecular weight excluding hydrogens is 376 g/mol. The lowest BCUT2D eigenvalue weighted by Crippen LogP contribution is -2.57. The average molecular weight is 405 g/mol. The molecule has 1 aliphatic heterocycles. The highest BCUT2D eigenvalue weighted by atomic mass is 35.5. The van der Waals surface area contributed by atoms with Gasteiger partial charge in [-0.3, -0.25) is 4.79 Å². The number of nitrogens with two attached hydrogens (primary N) is 1. The van der Waals surface area contributed by atoms with E-state index >= 15 is 0 Å². The van der Waals surface area contributed by atoms with E-state index in [1.54, 1.807) is 0 Å². The van der Waals surface area contributed by atoms with Crippen molar-refractivity contribution in [3.05, 3.63) is 65.2 Å². The van der Waals surface area contributed by atoms with E-state index in [4.69, 9.17) is 15.2 Å². The van der Waals surface area contributed by atoms with Crippen LogP contribution in [0.1, 0.15) is 42.5 Å². The van der Waals surface area contributed by atoms with E-state index in [1.165, 1.54) is 5.56 Å². The maximum atomic E-state index is 12.5. The molecule has 1 amide bonds. The summed E-state index contributed by atoms with van der Waals surface area (Å²) in [7, 11) is 0. The van der Waals surface area contributed by atoms with Crippen LogP contribution in [0.5, 0.6) is 5.75 Å². The van der Waals surface area contributed by atoms with Gasteiger partial charge >= 0.3 is 0 Å². The molecule has 0 aromatic heterocycles. The van der Waals surface area contributed by atoms with E-state index < -0.39 is 5.54 Å². The topological polar surface area (TPSA) is 73.6 Å². The summed E-state index contributed by atoms with van der Waals surface area (Å²) >= 11 is 0. The lowest BCUT2D eigenvalue weighted by Gasteiger charge is -2.33. The lowest BCUT2D eigenvalue weighted by atomic mass is 9.90. The van der Waals surface area contributed by atoms with E-state index in [0.717, 1.165) is 16.9 Å². The summed E-state index contributed by atoms with van der Waals surface area (Å²) in [6, 6.07) is 16.0. The van der Waals surface area contributed by atoms with Crippen molar-refractivity contribution in [2.75, 3.05) is 13.2 Å². The Hall–Kier alpha value is -2.08. The van der Waals surface area contributed by atoms with E-state index in [-0.39, 0.29) is 24.4 Å². The van der Waals surface area contributed by atoms with Crippen molar-refractivity contribution in [3.8, 4) is 5.75 Å². The molecule has 152 valence electrons. The number of halogens is 1. The number of hydrogen-bond donors (Lipinski definition) is 2. The molecule has 1 aliphatic rings. The summed E-state index contributed by atoms with van der Waals surface area (Å²) in [6.45, 7) is 5.63. The van der Waals surface area contributed by atoms with E-state index in [0.29, 0.717) is 32.7 Å². The Morgan fingerprint density at radius 3 is 2.54 bits per heavy atom. The molecule has 1 atom stereocenters. The smallest absolute Gasteiger partial charge is 0.240 e. The fourth-order valence-electron chi connectivity index (χ4n) is 3.21. The number of aryl methyl sites for hydroxylation is 1. The van der Waals surface area contributed by atoms with Crippen molar-refractivity contribution in [1.82, 2.24) is 5.32 Å². The van der Waals surface area contributed by atoms with E-state index in [2.05, 4.69) is 30.4 Å². The maximum Gasteiger partial charge on any atom is 0.240 e. The SMILES string of the molecule is Cc1cccc(COc2ccc(C(C)NC(=O)C3(N)CCOCC3)cc2)c1.Cl. The fourth-order valence-corrected chi connectivity index (χ4v) is 3.21. The molecule has 3 N–H and O–H groups in total. The second kappa shape index (κ2) is 9.92. The summed E-state index contributed by atoms with van der Waals surface area (Å²) in [5, 5.41) is 3.03. The Morgan fingerprint density at radius 2 is 1.89 bits per heavy atom. The monoisotopic (exact) mass is 404 g/mol. The lowest BCUT2D eigenvalue weighted by molar-refractivity contribution is -0.130. The minimum absolute atomic E-state index is 0. The van der Waals surface area contributed by atoms with Gasteiger partial charge in [0.15, 0.2) is 0 Å². The normalized spacial score (nSPS) is 16.5. The highest BCUT2D eigenvalue weighted by molar-refractivity contribution is 5.86. The van der Waals surface area contributed by atoms with Gasteiger partial charge in [0.1, 0.15) is 12.4 Å². The Balaban J connectivity index is 0.00000280. The number of amides is 1. The third-order valence-electron chi connectivity index (χ3n) is 5.05. The van der Waals surface area contributed by atoms with Gasteiger partial charge < -0.3 is 20.5 Å². The van der Waals surface area contributed by atoms with Crippen LogP contribution in [0, 0.1) is 6.92 Å². The number of benzene rings is 2. The van der Waals surface area contributed by atoms with Crippen LogP contribution < -0.4 is 15.8 Å². The molecule has 0 aliphatic carbocycles. The molecule has 5 nitrogen and oxygen atoms in total. The Labute approximate surface area is 173 Å². The van der Waals surface area contributed by atoms with Gasteiger partial charge in [0.05, 0.1) is 11.6 Å². The molecule has 2 aromatic carbocycles. The quantitative estimate of drug-likeness (QED) is 0.770. The molecule has 0 bridgehead atoms. The van der Waals surface area contributed by atoms with Crippen LogP contribution in [0.15, 0.2) is 48.5 Å². The zero-order chi connectivity index (χ0) is 19.3. The molecule has 28 heavy (non-hydrogen) atoms. The van der Waals surface area contributed by atoms with Gasteiger partial charge in [0.2, 0.25) is 5.91 Å². The molecule has 1 heterocycles. The molecule has 1 fully saturated rings. The predicted octanol–water partition coefficient (Wildman–Crippen LogP) is 3.68. The molecule has 0 spiro atoms. The van der Waals surface area contributed by atoms with Crippen LogP contribution in [0.3, 0.4) is 0 Å². The third kappa shape index (κ3) is 5.71. The highest BCUT2D eigenvalue weighted by Crippen LogP contribution is 2.22. The van der Waals surface area contributed by atoms with Crippen LogP contribution in [0.25, 0.3) is 0 Å². The minimum Gasteiger partial charge on any atom is -0.489 e. The number of rotatable bonds is 6. The summed E-state index contributed by atoms with van der Waals surface area (Å²) < 4.78 is 11.2. The van der Waals surface area contributed by atoms with Crippen molar-refractivity contribution in [1.29, 1.82) is 0 Å². The Kier molecular flexibility index (Phi) is 7.87. The number of hydrogen-bond acceptors (Lipinski definition) is 4. The maximum absolute atomic E-state index is 12.5. The Bertz CT molecular complexity index is 774. The largest absolute Gasteiger partial charge is 0.489 e. The molecule has 6 heteroatoms. The zero-order valence-electron chi connectivity index (χ0n) is 16.4. The predicted molar refractivity (Wildman–Crippen MR) is 113 cm³/mol. The van der Waals surface area contributed by atoms with E-state index in [9.17, 15) is 4.79 Å². The summed E-state index contributed by atoms with van der Waals surface area (Å²) in [6.07, 6.45) is 1.11. The van der Waals surface area contributed by atoms with Gasteiger partial charge in [0, 0.05) is 13.2 Å². The first-order valence-corrected chi connectivity index (χ1v) is 9.42. The molecule has 3 rings (SSSR count). The van der Waals surface area contributed by atoms with Gasteiger partial charge in [-0.1, -0.05) is 42.0 Å². The van der Waals surface area contributed by atoms with Gasteiger partial charge in [-0.15, -0.1) is 12.4 Å². The van der Waals surface area contributed by atoms with Gasteiger partial charge in [-0.2, -0.15) is 0 Å². The van der Waals surface area contributed by atoms with Gasteiger partial charge in [0.25, 0.3) is 0 Å². The van der Waals surface area contributed by atoms with E-state index in [1.807, 2.05) is 37.3 Å². The summed E-state index contributed by atoms with van der Waals surface area (Å²) in [5.74, 6) is 0.691. The summed E-state index contributed by atoms with van der Waals surface area (Å²) in [4.78, 5) is 12.5. The molecule has 1 unspecified atom stereocenters. The van der Waals surface area contributed by atoms with Crippen molar-refractivity contribution >= 4 is 18.3 Å². The number of carbonyl (C=O) groups excluding carboxylic acids is 1. The second-order valence-corrected chi connectivity index (χ2v) is 7.31. The Morgan fingerprint density at radius 1 is 1.21 bits per heavy atom. The van der Waals surface area contributed by atoms with Crippen molar-refractivity contribution in [3.63, 3.8) is 0 Å². The second-order valence-electron chi connectivity index (χ2n) is 7.31. The van der Waals surface area contributed by atoms with Gasteiger partial charge in [-0.25, -0.2) is 0 Å². The van der Waals surface area contributed by atoms with Crippen LogP contribution in [0.4, 0.5) is 0 Å². The number of nitrogens with one attached hydrogen (secondary N) is 1. The zero-order valence-corrected chi connectivity index (χ0v) is 17.3. The molecular formula is C22H29ClN2O3. The third-order valence-corrected chi connectivity index (χ3v) is 5.05. The summed E-state index contributed by atoms with van der Waals surface area (Å²) in [5.41, 5.74) is 8.80. The standard InChI is InChI=1S/C22H28N2O3.ClH/c1-16-4-3-5-18(14-16)15-27-20-8-6-19(7-9-20)17(2)24-21(25)22(23)10-12-26-13-11-22;/h3-9,14,17H,10-13,15,23H2,1-2H3,(H,24,25);1H. The number of ether oxygens (including phenoxy) is 2. The van der Waals surface area contributed by atoms with Crippen LogP contribution in [-0.4, -0.2) is 24.7 Å². The molecule has 0 radical (unpaired) electrons.